The topological polar surface area (TPSA) is 46.5 Å². The minimum atomic E-state index is -2.80. The molecule has 0 spiro atoms. The lowest BCUT2D eigenvalue weighted by Gasteiger charge is -2.25. The van der Waals surface area contributed by atoms with E-state index in [4.69, 9.17) is 0 Å². The smallest absolute Gasteiger partial charge is 0.236 e. The zero-order valence-electron chi connectivity index (χ0n) is 8.77. The molecular formula is C10H17FNO2P. The van der Waals surface area contributed by atoms with Gasteiger partial charge in [0.1, 0.15) is 6.17 Å². The van der Waals surface area contributed by atoms with E-state index in [1.165, 1.54) is 0 Å². The Morgan fingerprint density at radius 1 is 1.13 bits per heavy atom. The Hall–Kier alpha value is -0.240. The van der Waals surface area contributed by atoms with Crippen molar-refractivity contribution in [3.8, 4) is 0 Å². The van der Waals surface area contributed by atoms with Crippen LogP contribution in [0, 0.1) is 10.8 Å². The first-order chi connectivity index (χ1) is 7.14. The minimum Gasteiger partial charge on any atom is -0.295 e. The lowest BCUT2D eigenvalue weighted by atomic mass is 9.90. The van der Waals surface area contributed by atoms with E-state index in [1.807, 2.05) is 0 Å². The second kappa shape index (κ2) is 4.32. The standard InChI is InChI=1S/C10H17FNO2P/c11-9-3-1-8(2-4-9)7-15(14,12-13)10-5-6-10/h8-10H,1-7H2. The van der Waals surface area contributed by atoms with Crippen molar-refractivity contribution in [2.75, 3.05) is 6.16 Å². The molecule has 2 fully saturated rings. The van der Waals surface area contributed by atoms with Gasteiger partial charge in [0.2, 0.25) is 7.29 Å². The van der Waals surface area contributed by atoms with Gasteiger partial charge in [0.15, 0.2) is 0 Å². The van der Waals surface area contributed by atoms with Crippen LogP contribution in [-0.2, 0) is 4.57 Å². The summed E-state index contributed by atoms with van der Waals surface area (Å²) < 4.78 is 25.0. The van der Waals surface area contributed by atoms with Crippen molar-refractivity contribution in [3.63, 3.8) is 0 Å². The van der Waals surface area contributed by atoms with Crippen molar-refractivity contribution < 1.29 is 8.96 Å². The largest absolute Gasteiger partial charge is 0.295 e. The van der Waals surface area contributed by atoms with Crippen molar-refractivity contribution in [1.29, 1.82) is 0 Å². The van der Waals surface area contributed by atoms with Crippen LogP contribution in [0.5, 0.6) is 0 Å². The van der Waals surface area contributed by atoms with Gasteiger partial charge in [-0.05, 0) is 49.4 Å². The molecule has 2 saturated carbocycles. The molecule has 2 aliphatic carbocycles. The molecule has 0 saturated heterocycles. The lowest BCUT2D eigenvalue weighted by molar-refractivity contribution is 0.216. The van der Waals surface area contributed by atoms with Crippen LogP contribution >= 0.6 is 7.29 Å². The predicted molar refractivity (Wildman–Crippen MR) is 58.1 cm³/mol. The number of nitroso groups, excluding NO2 is 1. The van der Waals surface area contributed by atoms with Crippen LogP contribution < -0.4 is 0 Å². The molecule has 2 rings (SSSR count). The fourth-order valence-corrected chi connectivity index (χ4v) is 4.96. The van der Waals surface area contributed by atoms with Gasteiger partial charge in [0.05, 0.1) is 0 Å². The Kier molecular flexibility index (Phi) is 3.24. The van der Waals surface area contributed by atoms with Gasteiger partial charge in [-0.25, -0.2) is 4.39 Å². The van der Waals surface area contributed by atoms with Crippen LogP contribution in [0.3, 0.4) is 0 Å². The maximum absolute atomic E-state index is 12.9. The molecule has 0 aromatic rings. The van der Waals surface area contributed by atoms with E-state index in [9.17, 15) is 13.9 Å². The summed E-state index contributed by atoms with van der Waals surface area (Å²) in [6, 6.07) is 0. The lowest BCUT2D eigenvalue weighted by Crippen LogP contribution is -2.18. The number of hydrogen-bond acceptors (Lipinski definition) is 2. The molecule has 2 aliphatic rings. The minimum absolute atomic E-state index is 0.0677. The van der Waals surface area contributed by atoms with E-state index < -0.39 is 13.5 Å². The second-order valence-corrected chi connectivity index (χ2v) is 7.64. The Morgan fingerprint density at radius 2 is 1.73 bits per heavy atom. The molecule has 86 valence electrons. The zero-order chi connectivity index (χ0) is 10.9. The summed E-state index contributed by atoms with van der Waals surface area (Å²) in [5.74, 6) is 0.265. The van der Waals surface area contributed by atoms with Crippen LogP contribution in [0.1, 0.15) is 38.5 Å². The SMILES string of the molecule is O=NP(=O)(CC1CCC(F)CC1)C1CC1. The third-order valence-corrected chi connectivity index (χ3v) is 6.53. The maximum Gasteiger partial charge on any atom is 0.236 e. The Bertz CT molecular complexity index is 285. The maximum atomic E-state index is 12.9. The van der Waals surface area contributed by atoms with Gasteiger partial charge in [0.25, 0.3) is 0 Å². The van der Waals surface area contributed by atoms with Gasteiger partial charge in [-0.2, -0.15) is 0 Å². The fraction of sp³-hybridized carbons (Fsp3) is 1.00. The summed E-state index contributed by atoms with van der Waals surface area (Å²) >= 11 is 0. The van der Waals surface area contributed by atoms with Crippen molar-refractivity contribution in [3.05, 3.63) is 4.91 Å². The van der Waals surface area contributed by atoms with Gasteiger partial charge < -0.3 is 0 Å². The quantitative estimate of drug-likeness (QED) is 0.548. The van der Waals surface area contributed by atoms with Crippen molar-refractivity contribution in [1.82, 2.24) is 0 Å². The average molecular weight is 233 g/mol. The van der Waals surface area contributed by atoms with Crippen LogP contribution in [0.2, 0.25) is 0 Å². The Morgan fingerprint density at radius 3 is 2.20 bits per heavy atom. The van der Waals surface area contributed by atoms with E-state index in [0.29, 0.717) is 19.0 Å². The molecular weight excluding hydrogens is 216 g/mol. The van der Waals surface area contributed by atoms with Crippen molar-refractivity contribution in [2.24, 2.45) is 10.9 Å². The van der Waals surface area contributed by atoms with Crippen molar-refractivity contribution in [2.45, 2.75) is 50.4 Å². The molecule has 0 bridgehead atoms. The van der Waals surface area contributed by atoms with E-state index in [-0.39, 0.29) is 11.6 Å². The molecule has 0 N–H and O–H groups in total. The van der Waals surface area contributed by atoms with E-state index in [1.54, 1.807) is 0 Å². The molecule has 0 aliphatic heterocycles. The summed E-state index contributed by atoms with van der Waals surface area (Å²) in [6.07, 6.45) is 4.20. The monoisotopic (exact) mass is 233 g/mol. The fourth-order valence-electron chi connectivity index (χ4n) is 2.40. The van der Waals surface area contributed by atoms with Gasteiger partial charge in [-0.3, -0.25) is 4.57 Å². The van der Waals surface area contributed by atoms with E-state index >= 15 is 0 Å². The summed E-state index contributed by atoms with van der Waals surface area (Å²) in [5.41, 5.74) is 0.0677. The third-order valence-electron chi connectivity index (χ3n) is 3.55. The van der Waals surface area contributed by atoms with Crippen LogP contribution in [-0.4, -0.2) is 18.0 Å². The molecule has 5 heteroatoms. The molecule has 0 radical (unpaired) electrons. The number of rotatable bonds is 4. The van der Waals surface area contributed by atoms with Gasteiger partial charge in [0, 0.05) is 11.8 Å². The summed E-state index contributed by atoms with van der Waals surface area (Å²) in [7, 11) is -2.80. The number of hydrogen-bond donors (Lipinski definition) is 0. The van der Waals surface area contributed by atoms with Gasteiger partial charge in [-0.15, -0.1) is 4.91 Å². The Balaban J connectivity index is 1.89. The molecule has 1 atom stereocenters. The van der Waals surface area contributed by atoms with Crippen molar-refractivity contribution >= 4 is 7.29 Å². The highest BCUT2D eigenvalue weighted by Gasteiger charge is 2.44. The van der Waals surface area contributed by atoms with Crippen LogP contribution in [0.25, 0.3) is 0 Å². The summed E-state index contributed by atoms with van der Waals surface area (Å²) in [6.45, 7) is 0. The molecule has 0 aromatic carbocycles. The molecule has 0 heterocycles. The number of halogens is 1. The van der Waals surface area contributed by atoms with Crippen LogP contribution in [0.15, 0.2) is 4.95 Å². The van der Waals surface area contributed by atoms with Gasteiger partial charge >= 0.3 is 0 Å². The first-order valence-electron chi connectivity index (χ1n) is 5.72. The Labute approximate surface area is 89.2 Å². The average Bonchev–Trinajstić information content (AvgIpc) is 3.05. The first kappa shape index (κ1) is 11.3. The highest BCUT2D eigenvalue weighted by molar-refractivity contribution is 7.63. The predicted octanol–water partition coefficient (Wildman–Crippen LogP) is 3.72. The molecule has 0 amide bonds. The molecule has 1 unspecified atom stereocenters. The number of alkyl halides is 1. The third kappa shape index (κ3) is 2.66. The number of nitrogens with zero attached hydrogens (tertiary/aromatic N) is 1. The van der Waals surface area contributed by atoms with E-state index in [0.717, 1.165) is 25.7 Å². The van der Waals surface area contributed by atoms with E-state index in [2.05, 4.69) is 4.95 Å². The molecule has 3 nitrogen and oxygen atoms in total. The zero-order valence-corrected chi connectivity index (χ0v) is 9.67. The first-order valence-corrected chi connectivity index (χ1v) is 7.63. The highest BCUT2D eigenvalue weighted by atomic mass is 31.2. The second-order valence-electron chi connectivity index (χ2n) is 4.87. The van der Waals surface area contributed by atoms with Crippen LogP contribution in [0.4, 0.5) is 4.39 Å². The normalized spacial score (nSPS) is 35.8. The summed E-state index contributed by atoms with van der Waals surface area (Å²) in [4.78, 5) is 13.6. The molecule has 15 heavy (non-hydrogen) atoms. The highest BCUT2D eigenvalue weighted by Crippen LogP contribution is 2.63. The molecule has 0 aromatic heterocycles. The van der Waals surface area contributed by atoms with Gasteiger partial charge in [-0.1, -0.05) is 0 Å². The summed E-state index contributed by atoms with van der Waals surface area (Å²) in [5, 5.41) is 0.